The lowest BCUT2D eigenvalue weighted by Gasteiger charge is -2.33. The Morgan fingerprint density at radius 2 is 1.87 bits per heavy atom. The second kappa shape index (κ2) is 6.80. The number of rotatable bonds is 3. The highest BCUT2D eigenvalue weighted by Gasteiger charge is 2.43. The number of carbonyl (C=O) groups excluding carboxylic acids is 1. The number of nitrogens with zero attached hydrogens (tertiary/aromatic N) is 1. The molecule has 1 fully saturated rings. The normalized spacial score (nSPS) is 19.7. The molecule has 23 heavy (non-hydrogen) atoms. The molecule has 1 aliphatic heterocycles. The van der Waals surface area contributed by atoms with Crippen molar-refractivity contribution in [2.45, 2.75) is 23.9 Å². The third-order valence-corrected chi connectivity index (χ3v) is 5.87. The Labute approximate surface area is 140 Å². The van der Waals surface area contributed by atoms with Gasteiger partial charge in [-0.15, -0.1) is 0 Å². The molecule has 4 nitrogen and oxygen atoms in total. The maximum atomic E-state index is 12.8. The van der Waals surface area contributed by atoms with Crippen LogP contribution in [0.1, 0.15) is 12.8 Å². The first-order valence-corrected chi connectivity index (χ1v) is 9.37. The first-order chi connectivity index (χ1) is 10.6. The molecule has 9 heteroatoms. The largest absolute Gasteiger partial charge is 0.393 e. The summed E-state index contributed by atoms with van der Waals surface area (Å²) >= 11 is 3.17. The first kappa shape index (κ1) is 18.3. The number of benzene rings is 1. The molecule has 1 amide bonds. The number of halogens is 4. The lowest BCUT2D eigenvalue weighted by Crippen LogP contribution is -2.46. The van der Waals surface area contributed by atoms with Crippen molar-refractivity contribution >= 4 is 31.7 Å². The number of likely N-dealkylation sites (tertiary alicyclic amines) is 1. The van der Waals surface area contributed by atoms with Gasteiger partial charge in [-0.3, -0.25) is 4.79 Å². The van der Waals surface area contributed by atoms with Crippen molar-refractivity contribution in [2.75, 3.05) is 18.8 Å². The maximum absolute atomic E-state index is 12.8. The standard InChI is InChI=1S/C14H15BrF3NO3S/c15-11-3-5-12(6-4-11)23(21,22)9-13(20)19-7-1-2-10(8-19)14(16,17)18/h3-6,10H,1-2,7-9H2. The van der Waals surface area contributed by atoms with Crippen LogP contribution < -0.4 is 0 Å². The van der Waals surface area contributed by atoms with Crippen LogP contribution in [0.4, 0.5) is 13.2 Å². The average Bonchev–Trinajstić information content (AvgIpc) is 2.46. The van der Waals surface area contributed by atoms with Crippen LogP contribution in [0.5, 0.6) is 0 Å². The van der Waals surface area contributed by atoms with Gasteiger partial charge in [0.1, 0.15) is 5.75 Å². The van der Waals surface area contributed by atoms with E-state index in [1.54, 1.807) is 0 Å². The number of carbonyl (C=O) groups is 1. The van der Waals surface area contributed by atoms with Crippen molar-refractivity contribution in [3.05, 3.63) is 28.7 Å². The van der Waals surface area contributed by atoms with Crippen LogP contribution in [-0.4, -0.2) is 44.2 Å². The first-order valence-electron chi connectivity index (χ1n) is 6.92. The zero-order chi connectivity index (χ0) is 17.3. The summed E-state index contributed by atoms with van der Waals surface area (Å²) in [4.78, 5) is 13.1. The molecule has 0 spiro atoms. The Balaban J connectivity index is 2.07. The fourth-order valence-corrected chi connectivity index (χ4v) is 3.94. The molecule has 1 unspecified atom stereocenters. The molecule has 2 rings (SSSR count). The summed E-state index contributed by atoms with van der Waals surface area (Å²) in [5.74, 6) is -3.20. The fraction of sp³-hybridized carbons (Fsp3) is 0.500. The van der Waals surface area contributed by atoms with Gasteiger partial charge in [-0.25, -0.2) is 8.42 Å². The van der Waals surface area contributed by atoms with Gasteiger partial charge in [0.2, 0.25) is 5.91 Å². The van der Waals surface area contributed by atoms with Gasteiger partial charge in [0.15, 0.2) is 9.84 Å². The van der Waals surface area contributed by atoms with Crippen molar-refractivity contribution in [1.82, 2.24) is 4.90 Å². The minimum atomic E-state index is -4.37. The van der Waals surface area contributed by atoms with Gasteiger partial charge in [-0.1, -0.05) is 15.9 Å². The predicted molar refractivity (Wildman–Crippen MR) is 81.6 cm³/mol. The number of amides is 1. The van der Waals surface area contributed by atoms with E-state index in [-0.39, 0.29) is 24.3 Å². The van der Waals surface area contributed by atoms with Gasteiger partial charge in [-0.2, -0.15) is 13.2 Å². The van der Waals surface area contributed by atoms with E-state index < -0.39 is 40.1 Å². The summed E-state index contributed by atoms with van der Waals surface area (Å²) in [5.41, 5.74) is 0. The smallest absolute Gasteiger partial charge is 0.341 e. The van der Waals surface area contributed by atoms with Crippen LogP contribution >= 0.6 is 15.9 Å². The highest BCUT2D eigenvalue weighted by molar-refractivity contribution is 9.10. The zero-order valence-corrected chi connectivity index (χ0v) is 14.4. The molecule has 1 aliphatic rings. The van der Waals surface area contributed by atoms with Crippen LogP contribution in [0.25, 0.3) is 0 Å². The van der Waals surface area contributed by atoms with Crippen LogP contribution in [0, 0.1) is 5.92 Å². The summed E-state index contributed by atoms with van der Waals surface area (Å²) < 4.78 is 63.3. The van der Waals surface area contributed by atoms with E-state index in [1.807, 2.05) is 0 Å². The second-order valence-corrected chi connectivity index (χ2v) is 8.34. The molecular formula is C14H15BrF3NO3S. The summed E-state index contributed by atoms with van der Waals surface area (Å²) in [5, 5.41) is 0. The Morgan fingerprint density at radius 1 is 1.26 bits per heavy atom. The average molecular weight is 414 g/mol. The van der Waals surface area contributed by atoms with Crippen molar-refractivity contribution in [1.29, 1.82) is 0 Å². The van der Waals surface area contributed by atoms with Gasteiger partial charge in [0, 0.05) is 17.6 Å². The van der Waals surface area contributed by atoms with Crippen LogP contribution in [-0.2, 0) is 14.6 Å². The molecule has 1 aromatic rings. The lowest BCUT2D eigenvalue weighted by atomic mass is 9.97. The molecule has 0 radical (unpaired) electrons. The number of alkyl halides is 3. The van der Waals surface area contributed by atoms with E-state index in [4.69, 9.17) is 0 Å². The van der Waals surface area contributed by atoms with Crippen LogP contribution in [0.2, 0.25) is 0 Å². The second-order valence-electron chi connectivity index (χ2n) is 5.43. The van der Waals surface area contributed by atoms with Gasteiger partial charge in [-0.05, 0) is 37.1 Å². The van der Waals surface area contributed by atoms with E-state index in [0.29, 0.717) is 4.47 Å². The van der Waals surface area contributed by atoms with Crippen molar-refractivity contribution in [3.8, 4) is 0 Å². The number of hydrogen-bond acceptors (Lipinski definition) is 3. The number of piperidine rings is 1. The minimum absolute atomic E-state index is 0.0292. The minimum Gasteiger partial charge on any atom is -0.341 e. The molecule has 0 bridgehead atoms. The van der Waals surface area contributed by atoms with Crippen molar-refractivity contribution in [3.63, 3.8) is 0 Å². The van der Waals surface area contributed by atoms with Crippen molar-refractivity contribution < 1.29 is 26.4 Å². The molecule has 0 aromatic heterocycles. The highest BCUT2D eigenvalue weighted by Crippen LogP contribution is 2.33. The van der Waals surface area contributed by atoms with Gasteiger partial charge >= 0.3 is 6.18 Å². The van der Waals surface area contributed by atoms with Crippen LogP contribution in [0.3, 0.4) is 0 Å². The third kappa shape index (κ3) is 4.69. The van der Waals surface area contributed by atoms with E-state index in [0.717, 1.165) is 4.90 Å². The molecule has 1 saturated heterocycles. The third-order valence-electron chi connectivity index (χ3n) is 3.72. The Bertz CT molecular complexity index is 674. The van der Waals surface area contributed by atoms with Gasteiger partial charge in [0.05, 0.1) is 10.8 Å². The summed E-state index contributed by atoms with van der Waals surface area (Å²) in [6, 6.07) is 5.75. The molecule has 1 aromatic carbocycles. The summed E-state index contributed by atoms with van der Waals surface area (Å²) in [6.07, 6.45) is -4.19. The highest BCUT2D eigenvalue weighted by atomic mass is 79.9. The van der Waals surface area contributed by atoms with E-state index >= 15 is 0 Å². The van der Waals surface area contributed by atoms with Crippen LogP contribution in [0.15, 0.2) is 33.6 Å². The molecule has 1 atom stereocenters. The SMILES string of the molecule is O=C(CS(=O)(=O)c1ccc(Br)cc1)N1CCCC(C(F)(F)F)C1. The summed E-state index contributed by atoms with van der Waals surface area (Å²) in [6.45, 7) is -0.320. The van der Waals surface area contributed by atoms with Gasteiger partial charge < -0.3 is 4.90 Å². The monoisotopic (exact) mass is 413 g/mol. The van der Waals surface area contributed by atoms with E-state index in [2.05, 4.69) is 15.9 Å². The Hall–Kier alpha value is -1.09. The predicted octanol–water partition coefficient (Wildman–Crippen LogP) is 3.02. The quantitative estimate of drug-likeness (QED) is 0.764. The zero-order valence-electron chi connectivity index (χ0n) is 12.0. The van der Waals surface area contributed by atoms with E-state index in [1.165, 1.54) is 24.3 Å². The topological polar surface area (TPSA) is 54.5 Å². The number of hydrogen-bond donors (Lipinski definition) is 0. The molecule has 0 aliphatic carbocycles. The lowest BCUT2D eigenvalue weighted by molar-refractivity contribution is -0.187. The molecule has 128 valence electrons. The molecular weight excluding hydrogens is 399 g/mol. The van der Waals surface area contributed by atoms with Crippen molar-refractivity contribution in [2.24, 2.45) is 5.92 Å². The Kier molecular flexibility index (Phi) is 5.40. The molecule has 0 saturated carbocycles. The van der Waals surface area contributed by atoms with E-state index in [9.17, 15) is 26.4 Å². The molecule has 0 N–H and O–H groups in total. The fourth-order valence-electron chi connectivity index (χ4n) is 2.45. The summed E-state index contributed by atoms with van der Waals surface area (Å²) in [7, 11) is -3.87. The Morgan fingerprint density at radius 3 is 2.43 bits per heavy atom. The molecule has 1 heterocycles. The van der Waals surface area contributed by atoms with Gasteiger partial charge in [0.25, 0.3) is 0 Å². The number of sulfone groups is 1. The maximum Gasteiger partial charge on any atom is 0.393 e.